The number of aliphatic hydroxyl groups excluding tert-OH is 1. The highest BCUT2D eigenvalue weighted by Gasteiger charge is 2.46. The number of carbonyl (C=O) groups excluding carboxylic acids is 1. The zero-order chi connectivity index (χ0) is 26.6. The molecule has 198 valence electrons. The number of benzene rings is 1. The summed E-state index contributed by atoms with van der Waals surface area (Å²) in [6, 6.07) is 4.74. The first-order valence-electron chi connectivity index (χ1n) is 10.9. The van der Waals surface area contributed by atoms with Gasteiger partial charge in [0, 0.05) is 6.20 Å². The summed E-state index contributed by atoms with van der Waals surface area (Å²) in [6.45, 7) is 4.17. The van der Waals surface area contributed by atoms with Crippen molar-refractivity contribution in [3.05, 3.63) is 52.8 Å². The first-order valence-corrected chi connectivity index (χ1v) is 13.4. The molecule has 0 amide bonds. The third-order valence-corrected chi connectivity index (χ3v) is 8.10. The van der Waals surface area contributed by atoms with Crippen molar-refractivity contribution in [1.29, 1.82) is 0 Å². The van der Waals surface area contributed by atoms with Crippen molar-refractivity contribution in [2.75, 3.05) is 12.3 Å². The van der Waals surface area contributed by atoms with Crippen LogP contribution in [0.3, 0.4) is 0 Å². The highest BCUT2D eigenvalue weighted by molar-refractivity contribution is 8.00. The van der Waals surface area contributed by atoms with Gasteiger partial charge in [-0.05, 0) is 51.1 Å². The van der Waals surface area contributed by atoms with E-state index in [0.717, 1.165) is 28.5 Å². The number of aromatic nitrogens is 2. The van der Waals surface area contributed by atoms with Gasteiger partial charge >= 0.3 is 19.4 Å². The van der Waals surface area contributed by atoms with E-state index in [9.17, 15) is 28.0 Å². The Morgan fingerprint density at radius 2 is 1.97 bits per heavy atom. The minimum atomic E-state index is -4.33. The Bertz CT molecular complexity index is 1170. The smallest absolute Gasteiger partial charge is 0.459 e. The lowest BCUT2D eigenvalue weighted by Crippen LogP contribution is -2.37. The van der Waals surface area contributed by atoms with Crippen LogP contribution in [0.15, 0.2) is 41.3 Å². The molecule has 4 N–H and O–H groups in total. The number of nitrogens with one attached hydrogen (secondary N) is 1. The molecule has 1 aromatic heterocycles. The van der Waals surface area contributed by atoms with Crippen LogP contribution in [-0.2, 0) is 18.6 Å². The largest absolute Gasteiger partial charge is 0.462 e. The average molecular weight is 549 g/mol. The van der Waals surface area contributed by atoms with Crippen molar-refractivity contribution in [3.8, 4) is 5.75 Å². The van der Waals surface area contributed by atoms with Crippen molar-refractivity contribution in [3.63, 3.8) is 0 Å². The van der Waals surface area contributed by atoms with Crippen LogP contribution in [-0.4, -0.2) is 56.9 Å². The first-order chi connectivity index (χ1) is 16.9. The predicted molar refractivity (Wildman–Crippen MR) is 129 cm³/mol. The standard InChI is InChI=1S/C21H27F2N4O7PS/c1-11(2)33-20(29)12(3)26-35(31,34-14-6-4-13(22)5-7-14)32-10-15-18(28)17(23)19(36-15)27-9-8-16(24)25-21(27)30/h4-9,11-12,15,17-19,28H,10H2,1-3H3,(H,26,31)(H2,24,25,30)/t12-,15+,17-,18+,19+,35?/m0/s1. The number of hydrogen-bond donors (Lipinski definition) is 3. The van der Waals surface area contributed by atoms with Gasteiger partial charge in [0.25, 0.3) is 0 Å². The van der Waals surface area contributed by atoms with Crippen LogP contribution in [0, 0.1) is 5.82 Å². The van der Waals surface area contributed by atoms with E-state index in [-0.39, 0.29) is 11.6 Å². The molecule has 15 heteroatoms. The van der Waals surface area contributed by atoms with Crippen LogP contribution >= 0.6 is 19.5 Å². The van der Waals surface area contributed by atoms with Gasteiger partial charge in [0.15, 0.2) is 6.17 Å². The molecule has 1 saturated heterocycles. The number of nitrogens with zero attached hydrogens (tertiary/aromatic N) is 2. The SMILES string of the molecule is CC(C)OC(=O)[C@H](C)NP(=O)(OC[C@H]1S[C@@H](n2ccc(N)nc2=O)[C@@H](F)[C@@H]1O)Oc1ccc(F)cc1. The molecular formula is C21H27F2N4O7PS. The zero-order valence-electron chi connectivity index (χ0n) is 19.6. The highest BCUT2D eigenvalue weighted by Crippen LogP contribution is 2.49. The minimum absolute atomic E-state index is 0.0305. The lowest BCUT2D eigenvalue weighted by molar-refractivity contribution is -0.149. The molecule has 36 heavy (non-hydrogen) atoms. The summed E-state index contributed by atoms with van der Waals surface area (Å²) in [7, 11) is -4.33. The quantitative estimate of drug-likeness (QED) is 0.296. The van der Waals surface area contributed by atoms with Gasteiger partial charge in [-0.2, -0.15) is 10.1 Å². The maximum Gasteiger partial charge on any atom is 0.459 e. The molecule has 1 aliphatic heterocycles. The van der Waals surface area contributed by atoms with Crippen LogP contribution in [0.2, 0.25) is 0 Å². The number of rotatable bonds is 10. The van der Waals surface area contributed by atoms with E-state index >= 15 is 0 Å². The van der Waals surface area contributed by atoms with Crippen LogP contribution in [0.1, 0.15) is 26.1 Å². The molecule has 2 heterocycles. The summed E-state index contributed by atoms with van der Waals surface area (Å²) in [5.41, 5.74) is 4.67. The van der Waals surface area contributed by atoms with Gasteiger partial charge in [-0.25, -0.2) is 18.1 Å². The summed E-state index contributed by atoms with van der Waals surface area (Å²) >= 11 is 0.869. The Morgan fingerprint density at radius 3 is 2.58 bits per heavy atom. The number of anilines is 1. The molecule has 0 saturated carbocycles. The molecule has 6 atom stereocenters. The first kappa shape index (κ1) is 28.1. The Hall–Kier alpha value is -2.51. The van der Waals surface area contributed by atoms with Crippen molar-refractivity contribution >= 4 is 31.3 Å². The van der Waals surface area contributed by atoms with E-state index in [1.165, 1.54) is 31.3 Å². The number of nitrogens with two attached hydrogens (primary N) is 1. The molecule has 3 rings (SSSR count). The van der Waals surface area contributed by atoms with Gasteiger partial charge in [0.1, 0.15) is 34.9 Å². The third kappa shape index (κ3) is 7.04. The van der Waals surface area contributed by atoms with Gasteiger partial charge in [-0.15, -0.1) is 11.8 Å². The molecule has 1 unspecified atom stereocenters. The Kier molecular flexibility index (Phi) is 9.12. The van der Waals surface area contributed by atoms with E-state index in [2.05, 4.69) is 10.1 Å². The van der Waals surface area contributed by atoms with E-state index in [4.69, 9.17) is 19.5 Å². The summed E-state index contributed by atoms with van der Waals surface area (Å²) in [6.07, 6.45) is -2.64. The monoisotopic (exact) mass is 548 g/mol. The van der Waals surface area contributed by atoms with Crippen molar-refractivity contribution in [1.82, 2.24) is 14.6 Å². The molecule has 0 aliphatic carbocycles. The number of halogens is 2. The van der Waals surface area contributed by atoms with Crippen LogP contribution in [0.5, 0.6) is 5.75 Å². The van der Waals surface area contributed by atoms with E-state index in [0.29, 0.717) is 0 Å². The average Bonchev–Trinajstić information content (AvgIpc) is 3.07. The number of thioether (sulfide) groups is 1. The maximum absolute atomic E-state index is 14.9. The number of esters is 1. The number of nitrogen functional groups attached to an aromatic ring is 1. The van der Waals surface area contributed by atoms with Gasteiger partial charge in [-0.1, -0.05) is 0 Å². The van der Waals surface area contributed by atoms with Gasteiger partial charge in [0.2, 0.25) is 0 Å². The number of ether oxygens (including phenoxy) is 1. The fourth-order valence-corrected chi connectivity index (χ4v) is 6.24. The van der Waals surface area contributed by atoms with Crippen LogP contribution in [0.25, 0.3) is 0 Å². The molecule has 1 aromatic carbocycles. The summed E-state index contributed by atoms with van der Waals surface area (Å²) < 4.78 is 58.7. The van der Waals surface area contributed by atoms with Crippen molar-refractivity contribution < 1.29 is 37.0 Å². The fourth-order valence-electron chi connectivity index (χ4n) is 3.20. The Morgan fingerprint density at radius 1 is 1.31 bits per heavy atom. The topological polar surface area (TPSA) is 155 Å². The van der Waals surface area contributed by atoms with E-state index < -0.39 is 66.9 Å². The molecule has 0 spiro atoms. The predicted octanol–water partition coefficient (Wildman–Crippen LogP) is 2.41. The number of hydrogen-bond acceptors (Lipinski definition) is 10. The number of carbonyl (C=O) groups is 1. The summed E-state index contributed by atoms with van der Waals surface area (Å²) in [5, 5.41) is 10.8. The van der Waals surface area contributed by atoms with Gasteiger partial charge in [-0.3, -0.25) is 13.9 Å². The lowest BCUT2D eigenvalue weighted by Gasteiger charge is -2.25. The Balaban J connectivity index is 1.76. The Labute approximate surface area is 209 Å². The molecule has 2 aromatic rings. The van der Waals surface area contributed by atoms with Crippen LogP contribution < -0.4 is 21.0 Å². The second kappa shape index (κ2) is 11.7. The highest BCUT2D eigenvalue weighted by atomic mass is 32.2. The summed E-state index contributed by atoms with van der Waals surface area (Å²) in [4.78, 5) is 27.9. The van der Waals surface area contributed by atoms with Gasteiger partial charge in [0.05, 0.1) is 18.0 Å². The fraction of sp³-hybridized carbons (Fsp3) is 0.476. The second-order valence-corrected chi connectivity index (χ2v) is 11.3. The van der Waals surface area contributed by atoms with Gasteiger partial charge < -0.3 is 20.1 Å². The molecule has 1 aliphatic rings. The van der Waals surface area contributed by atoms with E-state index in [1.54, 1.807) is 13.8 Å². The molecule has 0 bridgehead atoms. The number of alkyl halides is 1. The van der Waals surface area contributed by atoms with Crippen molar-refractivity contribution in [2.45, 2.75) is 55.8 Å². The molecular weight excluding hydrogens is 521 g/mol. The van der Waals surface area contributed by atoms with E-state index in [1.807, 2.05) is 0 Å². The third-order valence-electron chi connectivity index (χ3n) is 4.92. The number of aliphatic hydroxyl groups is 1. The second-order valence-electron chi connectivity index (χ2n) is 8.22. The maximum atomic E-state index is 14.9. The lowest BCUT2D eigenvalue weighted by atomic mass is 10.1. The van der Waals surface area contributed by atoms with Crippen LogP contribution in [0.4, 0.5) is 14.6 Å². The minimum Gasteiger partial charge on any atom is -0.462 e. The normalized spacial score (nSPS) is 24.3. The molecule has 11 nitrogen and oxygen atoms in total. The zero-order valence-corrected chi connectivity index (χ0v) is 21.3. The van der Waals surface area contributed by atoms with Crippen molar-refractivity contribution in [2.24, 2.45) is 0 Å². The summed E-state index contributed by atoms with van der Waals surface area (Å²) in [5.74, 6) is -1.36. The molecule has 1 fully saturated rings. The molecule has 0 radical (unpaired) electrons.